The van der Waals surface area contributed by atoms with Crippen LogP contribution in [0.3, 0.4) is 0 Å². The number of nitrogens with zero attached hydrogens (tertiary/aromatic N) is 4. The monoisotopic (exact) mass is 495 g/mol. The summed E-state index contributed by atoms with van der Waals surface area (Å²) in [6, 6.07) is 5.98. The number of rotatable bonds is 5. The van der Waals surface area contributed by atoms with E-state index in [9.17, 15) is 13.2 Å². The fourth-order valence-corrected chi connectivity index (χ4v) is 7.66. The SMILES string of the molecule is [C-]#[N+]c1cnc(C(=O)Cc2ccc(F)c([C@]3(C)CS(=O)(=O)C4(CN(C)C4)C(N)=N3)c2)c(C2CC2)c1. The number of ketones is 1. The average Bonchev–Trinajstić information content (AvgIpc) is 3.61. The minimum Gasteiger partial charge on any atom is -0.386 e. The van der Waals surface area contributed by atoms with E-state index in [1.807, 2.05) is 4.90 Å². The van der Waals surface area contributed by atoms with Crippen molar-refractivity contribution in [2.45, 2.75) is 42.4 Å². The fourth-order valence-electron chi connectivity index (χ4n) is 5.22. The number of amidine groups is 1. The van der Waals surface area contributed by atoms with Gasteiger partial charge in [0.2, 0.25) is 5.69 Å². The Kier molecular flexibility index (Phi) is 5.34. The first-order valence-electron chi connectivity index (χ1n) is 11.4. The molecule has 1 saturated heterocycles. The van der Waals surface area contributed by atoms with Gasteiger partial charge in [-0.2, -0.15) is 0 Å². The van der Waals surface area contributed by atoms with Gasteiger partial charge in [0.1, 0.15) is 22.9 Å². The van der Waals surface area contributed by atoms with Crippen molar-refractivity contribution in [2.24, 2.45) is 10.7 Å². The predicted octanol–water partition coefficient (Wildman–Crippen LogP) is 2.76. The third kappa shape index (κ3) is 3.83. The molecule has 5 rings (SSSR count). The molecule has 0 amide bonds. The van der Waals surface area contributed by atoms with E-state index >= 15 is 4.39 Å². The number of sulfone groups is 1. The van der Waals surface area contributed by atoms with Gasteiger partial charge in [0.05, 0.1) is 12.3 Å². The zero-order valence-electron chi connectivity index (χ0n) is 19.6. The number of aliphatic imine (C=N–C) groups is 1. The lowest BCUT2D eigenvalue weighted by Crippen LogP contribution is -2.73. The van der Waals surface area contributed by atoms with Gasteiger partial charge in [0.15, 0.2) is 20.4 Å². The van der Waals surface area contributed by atoms with E-state index in [-0.39, 0.29) is 48.4 Å². The second-order valence-corrected chi connectivity index (χ2v) is 12.4. The highest BCUT2D eigenvalue weighted by atomic mass is 32.2. The highest BCUT2D eigenvalue weighted by molar-refractivity contribution is 7.93. The summed E-state index contributed by atoms with van der Waals surface area (Å²) >= 11 is 0. The van der Waals surface area contributed by atoms with Crippen molar-refractivity contribution in [3.05, 3.63) is 70.1 Å². The van der Waals surface area contributed by atoms with Gasteiger partial charge in [0, 0.05) is 31.3 Å². The van der Waals surface area contributed by atoms with Gasteiger partial charge in [-0.15, -0.1) is 0 Å². The Morgan fingerprint density at radius 3 is 2.63 bits per heavy atom. The van der Waals surface area contributed by atoms with Crippen LogP contribution >= 0.6 is 0 Å². The van der Waals surface area contributed by atoms with Gasteiger partial charge in [-0.05, 0) is 62.1 Å². The van der Waals surface area contributed by atoms with Gasteiger partial charge in [-0.3, -0.25) is 14.8 Å². The summed E-state index contributed by atoms with van der Waals surface area (Å²) in [6.45, 7) is 9.30. The number of pyridine rings is 1. The minimum absolute atomic E-state index is 0.00315. The van der Waals surface area contributed by atoms with Crippen LogP contribution in [0.4, 0.5) is 10.1 Å². The van der Waals surface area contributed by atoms with Gasteiger partial charge in [-0.25, -0.2) is 17.7 Å². The Labute approximate surface area is 203 Å². The van der Waals surface area contributed by atoms with Crippen molar-refractivity contribution in [3.63, 3.8) is 0 Å². The number of carbonyl (C=O) groups is 1. The van der Waals surface area contributed by atoms with Crippen LogP contribution in [0.1, 0.15) is 52.9 Å². The van der Waals surface area contributed by atoms with E-state index in [1.165, 1.54) is 24.4 Å². The number of likely N-dealkylation sites (tertiary alicyclic amines) is 1. The largest absolute Gasteiger partial charge is 0.386 e. The molecule has 0 radical (unpaired) electrons. The normalized spacial score (nSPS) is 24.9. The molecule has 182 valence electrons. The Balaban J connectivity index is 1.47. The number of halogens is 1. The first-order valence-corrected chi connectivity index (χ1v) is 13.1. The summed E-state index contributed by atoms with van der Waals surface area (Å²) in [5.74, 6) is -0.969. The summed E-state index contributed by atoms with van der Waals surface area (Å²) in [4.78, 5) is 27.2. The van der Waals surface area contributed by atoms with Crippen LogP contribution in [0, 0.1) is 12.4 Å². The van der Waals surface area contributed by atoms with E-state index in [0.717, 1.165) is 18.4 Å². The average molecular weight is 496 g/mol. The molecule has 1 aliphatic carbocycles. The molecule has 1 spiro atoms. The molecule has 1 atom stereocenters. The smallest absolute Gasteiger partial charge is 0.205 e. The predicted molar refractivity (Wildman–Crippen MR) is 130 cm³/mol. The Morgan fingerprint density at radius 2 is 2.03 bits per heavy atom. The number of aromatic nitrogens is 1. The summed E-state index contributed by atoms with van der Waals surface area (Å²) in [7, 11) is -1.89. The Morgan fingerprint density at radius 1 is 1.31 bits per heavy atom. The van der Waals surface area contributed by atoms with Crippen molar-refractivity contribution in [2.75, 3.05) is 25.9 Å². The molecule has 1 aromatic carbocycles. The first kappa shape index (κ1) is 23.6. The number of benzene rings is 1. The topological polar surface area (TPSA) is 110 Å². The lowest BCUT2D eigenvalue weighted by atomic mass is 9.89. The maximum absolute atomic E-state index is 15.0. The third-order valence-electron chi connectivity index (χ3n) is 7.24. The Hall–Kier alpha value is -3.16. The number of nitrogens with two attached hydrogens (primary N) is 1. The van der Waals surface area contributed by atoms with Crippen molar-refractivity contribution < 1.29 is 17.6 Å². The van der Waals surface area contributed by atoms with Crippen LogP contribution in [0.2, 0.25) is 0 Å². The molecule has 0 unspecified atom stereocenters. The van der Waals surface area contributed by atoms with Gasteiger partial charge in [0.25, 0.3) is 0 Å². The van der Waals surface area contributed by atoms with Crippen LogP contribution in [0.5, 0.6) is 0 Å². The Bertz CT molecular complexity index is 1420. The number of hydrogen-bond donors (Lipinski definition) is 1. The van der Waals surface area contributed by atoms with Crippen molar-refractivity contribution in [3.8, 4) is 0 Å². The molecule has 2 fully saturated rings. The second kappa shape index (κ2) is 7.93. The van der Waals surface area contributed by atoms with Crippen LogP contribution in [-0.4, -0.2) is 60.6 Å². The molecular formula is C25H26FN5O3S. The van der Waals surface area contributed by atoms with Crippen LogP contribution in [-0.2, 0) is 21.8 Å². The van der Waals surface area contributed by atoms with E-state index in [0.29, 0.717) is 16.9 Å². The molecule has 10 heteroatoms. The summed E-state index contributed by atoms with van der Waals surface area (Å²) < 4.78 is 40.3. The molecule has 1 saturated carbocycles. The maximum Gasteiger partial charge on any atom is 0.205 e. The number of hydrogen-bond acceptors (Lipinski definition) is 7. The highest BCUT2D eigenvalue weighted by Crippen LogP contribution is 2.43. The van der Waals surface area contributed by atoms with E-state index < -0.39 is 25.9 Å². The van der Waals surface area contributed by atoms with Crippen LogP contribution in [0.15, 0.2) is 35.5 Å². The molecule has 0 bridgehead atoms. The lowest BCUT2D eigenvalue weighted by Gasteiger charge is -2.51. The van der Waals surface area contributed by atoms with E-state index in [4.69, 9.17) is 12.3 Å². The zero-order valence-corrected chi connectivity index (χ0v) is 20.4. The summed E-state index contributed by atoms with van der Waals surface area (Å²) in [5, 5.41) is 0. The van der Waals surface area contributed by atoms with Gasteiger partial charge in [-0.1, -0.05) is 6.07 Å². The standard InChI is InChI=1S/C25H26FN5O3S/c1-24(14-35(33,34)25(23(27)30-24)12-31(3)13-25)19-8-15(4-7-20(19)26)9-21(32)22-18(16-5-6-16)10-17(28-2)11-29-22/h4,7-8,10-11,16H,5-6,9,12-14H2,1,3H3,(H2,27,30)/t24-/m0/s1. The fraction of sp³-hybridized carbons (Fsp3) is 0.440. The van der Waals surface area contributed by atoms with Crippen molar-refractivity contribution in [1.82, 2.24) is 9.88 Å². The third-order valence-corrected chi connectivity index (χ3v) is 9.84. The molecule has 2 aromatic rings. The minimum atomic E-state index is -3.70. The summed E-state index contributed by atoms with van der Waals surface area (Å²) in [6.07, 6.45) is 3.26. The zero-order chi connectivity index (χ0) is 25.2. The quantitative estimate of drug-likeness (QED) is 0.505. The number of Topliss-reactive ketones (excluding diaryl/α,β-unsaturated/α-hetero) is 1. The van der Waals surface area contributed by atoms with Crippen LogP contribution in [0.25, 0.3) is 4.85 Å². The van der Waals surface area contributed by atoms with Gasteiger partial charge < -0.3 is 10.6 Å². The summed E-state index contributed by atoms with van der Waals surface area (Å²) in [5.41, 5.74) is 6.91. The molecule has 8 nitrogen and oxygen atoms in total. The van der Waals surface area contributed by atoms with Gasteiger partial charge >= 0.3 is 0 Å². The maximum atomic E-state index is 15.0. The molecule has 3 aliphatic rings. The molecule has 2 N–H and O–H groups in total. The second-order valence-electron chi connectivity index (χ2n) is 10.1. The van der Waals surface area contributed by atoms with Crippen molar-refractivity contribution >= 4 is 27.1 Å². The highest BCUT2D eigenvalue weighted by Gasteiger charge is 2.60. The molecule has 1 aromatic heterocycles. The van der Waals surface area contributed by atoms with Crippen LogP contribution < -0.4 is 5.73 Å². The van der Waals surface area contributed by atoms with Crippen molar-refractivity contribution in [1.29, 1.82) is 0 Å². The first-order chi connectivity index (χ1) is 16.5. The molecule has 3 heterocycles. The lowest BCUT2D eigenvalue weighted by molar-refractivity contribution is 0.0987. The molecule has 35 heavy (non-hydrogen) atoms. The molecular weight excluding hydrogens is 469 g/mol. The van der Waals surface area contributed by atoms with E-state index in [1.54, 1.807) is 20.0 Å². The number of carbonyl (C=O) groups excluding carboxylic acids is 1. The van der Waals surface area contributed by atoms with E-state index in [2.05, 4.69) is 14.8 Å². The molecule has 2 aliphatic heterocycles.